The molecule has 0 N–H and O–H groups in total. The molecule has 146 valence electrons. The van der Waals surface area contributed by atoms with E-state index < -0.39 is 35.1 Å². The van der Waals surface area contributed by atoms with Crippen molar-refractivity contribution in [3.8, 4) is 11.5 Å². The number of para-hydroxylation sites is 1. The molecule has 0 saturated heterocycles. The van der Waals surface area contributed by atoms with Gasteiger partial charge in [0.25, 0.3) is 0 Å². The molecule has 0 amide bonds. The van der Waals surface area contributed by atoms with Crippen LogP contribution in [0.5, 0.6) is 11.5 Å². The van der Waals surface area contributed by atoms with E-state index in [-0.39, 0.29) is 0 Å². The molecule has 2 atom stereocenters. The van der Waals surface area contributed by atoms with Gasteiger partial charge in [-0.1, -0.05) is 43.7 Å². The van der Waals surface area contributed by atoms with Crippen molar-refractivity contribution in [1.29, 1.82) is 0 Å². The van der Waals surface area contributed by atoms with E-state index in [1.165, 1.54) is 30.3 Å². The van der Waals surface area contributed by atoms with Gasteiger partial charge in [-0.15, -0.1) is 0 Å². The molecule has 0 aliphatic heterocycles. The fourth-order valence-corrected chi connectivity index (χ4v) is 2.87. The van der Waals surface area contributed by atoms with Gasteiger partial charge in [0.1, 0.15) is 11.5 Å². The molecule has 0 aromatic heterocycles. The van der Waals surface area contributed by atoms with E-state index >= 15 is 0 Å². The molecule has 3 rings (SSSR count). The highest BCUT2D eigenvalue weighted by Gasteiger charge is 3.03. The van der Waals surface area contributed by atoms with Crippen LogP contribution in [-0.4, -0.2) is 23.6 Å². The third kappa shape index (κ3) is 2.64. The minimum atomic E-state index is -5.44. The fourth-order valence-electron chi connectivity index (χ4n) is 2.87. The molecule has 2 aromatic carbocycles. The van der Waals surface area contributed by atoms with Crippen LogP contribution in [0.25, 0.3) is 0 Å². The van der Waals surface area contributed by atoms with Crippen molar-refractivity contribution in [3.05, 3.63) is 60.2 Å². The molecule has 0 radical (unpaired) electrons. The second-order valence-electron chi connectivity index (χ2n) is 6.25. The van der Waals surface area contributed by atoms with Gasteiger partial charge in [-0.2, -0.15) is 26.3 Å². The second kappa shape index (κ2) is 6.35. The molecule has 0 bridgehead atoms. The van der Waals surface area contributed by atoms with Gasteiger partial charge in [0.2, 0.25) is 0 Å². The molecule has 0 heterocycles. The van der Waals surface area contributed by atoms with Crippen molar-refractivity contribution in [2.75, 3.05) is 0 Å². The normalized spacial score (nSPS) is 28.3. The Hall–Kier alpha value is -2.38. The summed E-state index contributed by atoms with van der Waals surface area (Å²) in [4.78, 5) is 0. The van der Waals surface area contributed by atoms with E-state index in [0.29, 0.717) is 18.4 Å². The zero-order valence-corrected chi connectivity index (χ0v) is 14.2. The SMILES string of the molecule is CCCc1cccc(OC2(F)C(F)(F)C(F)(F)C2(F)Oc2ccccc2)c1. The minimum Gasteiger partial charge on any atom is -0.447 e. The number of aryl methyl sites for hydroxylation is 1. The van der Waals surface area contributed by atoms with Gasteiger partial charge in [0.05, 0.1) is 0 Å². The molecule has 8 heteroatoms. The third-order valence-corrected chi connectivity index (χ3v) is 4.31. The first-order valence-corrected chi connectivity index (χ1v) is 8.24. The first-order chi connectivity index (χ1) is 12.6. The molecule has 1 aliphatic carbocycles. The molecule has 2 unspecified atom stereocenters. The van der Waals surface area contributed by atoms with Crippen LogP contribution in [0.3, 0.4) is 0 Å². The largest absolute Gasteiger partial charge is 0.447 e. The van der Waals surface area contributed by atoms with Crippen LogP contribution in [0.15, 0.2) is 54.6 Å². The highest BCUT2D eigenvalue weighted by molar-refractivity contribution is 5.35. The number of alkyl halides is 6. The first-order valence-electron chi connectivity index (χ1n) is 8.24. The monoisotopic (exact) mass is 390 g/mol. The van der Waals surface area contributed by atoms with E-state index in [1.807, 2.05) is 6.92 Å². The van der Waals surface area contributed by atoms with Gasteiger partial charge in [-0.3, -0.25) is 0 Å². The summed E-state index contributed by atoms with van der Waals surface area (Å²) >= 11 is 0. The zero-order chi connectivity index (χ0) is 19.9. The molecule has 2 nitrogen and oxygen atoms in total. The summed E-state index contributed by atoms with van der Waals surface area (Å²) in [5, 5.41) is 0. The third-order valence-electron chi connectivity index (χ3n) is 4.31. The van der Waals surface area contributed by atoms with Gasteiger partial charge < -0.3 is 9.47 Å². The van der Waals surface area contributed by atoms with E-state index in [0.717, 1.165) is 18.2 Å². The Morgan fingerprint density at radius 1 is 0.704 bits per heavy atom. The Bertz CT molecular complexity index is 813. The summed E-state index contributed by atoms with van der Waals surface area (Å²) < 4.78 is 94.3. The van der Waals surface area contributed by atoms with Gasteiger partial charge in [-0.25, -0.2) is 0 Å². The number of hydrogen-bond donors (Lipinski definition) is 0. The first kappa shape index (κ1) is 19.4. The summed E-state index contributed by atoms with van der Waals surface area (Å²) in [6.07, 6.45) is 1.22. The Morgan fingerprint density at radius 3 is 1.78 bits per heavy atom. The molecule has 0 spiro atoms. The highest BCUT2D eigenvalue weighted by Crippen LogP contribution is 2.68. The average Bonchev–Trinajstić information content (AvgIpc) is 2.62. The Morgan fingerprint density at radius 2 is 1.22 bits per heavy atom. The van der Waals surface area contributed by atoms with Crippen LogP contribution in [0.1, 0.15) is 18.9 Å². The standard InChI is InChI=1S/C19H16F6O2/c1-2-7-13-8-6-11-15(12-13)27-19(25)17(22,23)16(20,21)18(19,24)26-14-9-4-3-5-10-14/h3-6,8-12H,2,7H2,1H3. The highest BCUT2D eigenvalue weighted by atomic mass is 19.3. The summed E-state index contributed by atoms with van der Waals surface area (Å²) in [6.45, 7) is 1.85. The smallest absolute Gasteiger partial charge is 0.395 e. The van der Waals surface area contributed by atoms with Crippen molar-refractivity contribution in [1.82, 2.24) is 0 Å². The summed E-state index contributed by atoms with van der Waals surface area (Å²) in [7, 11) is 0. The molecule has 27 heavy (non-hydrogen) atoms. The maximum atomic E-state index is 15.0. The lowest BCUT2D eigenvalue weighted by Gasteiger charge is -2.55. The van der Waals surface area contributed by atoms with E-state index in [1.54, 1.807) is 6.07 Å². The van der Waals surface area contributed by atoms with Crippen LogP contribution in [0, 0.1) is 0 Å². The van der Waals surface area contributed by atoms with Crippen molar-refractivity contribution < 1.29 is 35.8 Å². The van der Waals surface area contributed by atoms with E-state index in [9.17, 15) is 26.3 Å². The zero-order valence-electron chi connectivity index (χ0n) is 14.2. The number of rotatable bonds is 6. The second-order valence-corrected chi connectivity index (χ2v) is 6.25. The van der Waals surface area contributed by atoms with E-state index in [4.69, 9.17) is 0 Å². The van der Waals surface area contributed by atoms with Crippen LogP contribution < -0.4 is 9.47 Å². The average molecular weight is 390 g/mol. The van der Waals surface area contributed by atoms with Crippen molar-refractivity contribution in [2.24, 2.45) is 0 Å². The quantitative estimate of drug-likeness (QED) is 0.588. The molecular weight excluding hydrogens is 374 g/mol. The minimum absolute atomic E-state index is 0.502. The van der Waals surface area contributed by atoms with Crippen molar-refractivity contribution in [3.63, 3.8) is 0 Å². The van der Waals surface area contributed by atoms with Gasteiger partial charge in [-0.05, 0) is 36.2 Å². The lowest BCUT2D eigenvalue weighted by molar-refractivity contribution is -0.527. The summed E-state index contributed by atoms with van der Waals surface area (Å²) in [5.74, 6) is -21.4. The molecule has 2 aromatic rings. The van der Waals surface area contributed by atoms with Crippen LogP contribution >= 0.6 is 0 Å². The molecule has 1 saturated carbocycles. The number of ether oxygens (including phenoxy) is 2. The lowest BCUT2D eigenvalue weighted by Crippen LogP contribution is -2.89. The Kier molecular flexibility index (Phi) is 4.56. The Labute approximate surface area is 151 Å². The lowest BCUT2D eigenvalue weighted by atomic mass is 9.76. The number of halogens is 6. The van der Waals surface area contributed by atoms with Crippen LogP contribution in [-0.2, 0) is 6.42 Å². The van der Waals surface area contributed by atoms with Crippen LogP contribution in [0.2, 0.25) is 0 Å². The van der Waals surface area contributed by atoms with Gasteiger partial charge in [0.15, 0.2) is 0 Å². The number of hydrogen-bond acceptors (Lipinski definition) is 2. The van der Waals surface area contributed by atoms with Gasteiger partial charge in [0, 0.05) is 0 Å². The molecule has 1 aliphatic rings. The van der Waals surface area contributed by atoms with E-state index in [2.05, 4.69) is 9.47 Å². The predicted octanol–water partition coefficient (Wildman–Crippen LogP) is 5.71. The Balaban J connectivity index is 1.98. The van der Waals surface area contributed by atoms with Crippen molar-refractivity contribution >= 4 is 0 Å². The fraction of sp³-hybridized carbons (Fsp3) is 0.368. The molecular formula is C19H16F6O2. The molecule has 1 fully saturated rings. The summed E-state index contributed by atoms with van der Waals surface area (Å²) in [5.41, 5.74) is 0.599. The maximum absolute atomic E-state index is 15.0. The van der Waals surface area contributed by atoms with Crippen molar-refractivity contribution in [2.45, 2.75) is 43.3 Å². The predicted molar refractivity (Wildman–Crippen MR) is 85.7 cm³/mol. The maximum Gasteiger partial charge on any atom is 0.395 e. The van der Waals surface area contributed by atoms with Gasteiger partial charge >= 0.3 is 23.6 Å². The number of benzene rings is 2. The van der Waals surface area contributed by atoms with Crippen LogP contribution in [0.4, 0.5) is 26.3 Å². The summed E-state index contributed by atoms with van der Waals surface area (Å²) in [6, 6.07) is 11.4. The topological polar surface area (TPSA) is 18.5 Å².